The van der Waals surface area contributed by atoms with Crippen LogP contribution in [0, 0.1) is 0 Å². The van der Waals surface area contributed by atoms with Crippen LogP contribution >= 0.6 is 31.6 Å². The number of halogens is 1. The van der Waals surface area contributed by atoms with E-state index in [2.05, 4.69) is 54.9 Å². The van der Waals surface area contributed by atoms with Gasteiger partial charge >= 0.3 is 15.6 Å². The molecule has 0 aromatic carbocycles. The largest absolute Gasteiger partial charge is 0.469 e. The number of phosphoric ester groups is 2. The summed E-state index contributed by atoms with van der Waals surface area (Å²) in [5.74, 6) is -0.0521. The highest BCUT2D eigenvalue weighted by Gasteiger charge is 2.47. The Bertz CT molecular complexity index is 1950. The molecule has 6 heterocycles. The number of imidazole rings is 2. The Kier molecular flexibility index (Phi) is 10.3. The molecule has 0 aliphatic carbocycles. The van der Waals surface area contributed by atoms with Crippen molar-refractivity contribution in [3.63, 3.8) is 0 Å². The van der Waals surface area contributed by atoms with E-state index in [0.717, 1.165) is 0 Å². The summed E-state index contributed by atoms with van der Waals surface area (Å²) in [7, 11) is -9.50. The average molecular weight is 789 g/mol. The van der Waals surface area contributed by atoms with Gasteiger partial charge in [-0.15, -0.1) is 0 Å². The molecule has 4 aromatic rings. The summed E-state index contributed by atoms with van der Waals surface area (Å²) in [6.07, 6.45) is -8.01. The van der Waals surface area contributed by atoms with Crippen LogP contribution in [-0.4, -0.2) is 129 Å². The first-order valence-corrected chi connectivity index (χ1v) is 17.0. The molecule has 2 saturated heterocycles. The number of aromatic nitrogens is 8. The molecule has 0 spiro atoms. The van der Waals surface area contributed by atoms with Gasteiger partial charge < -0.3 is 60.9 Å². The normalized spacial score (nSPS) is 27.9. The molecule has 2 aliphatic heterocycles. The highest BCUT2D eigenvalue weighted by Crippen LogP contribution is 2.40. The minimum Gasteiger partial charge on any atom is -0.387 e. The van der Waals surface area contributed by atoms with Crippen LogP contribution in [0.15, 0.2) is 22.2 Å². The van der Waals surface area contributed by atoms with Crippen LogP contribution in [0.2, 0.25) is 0 Å². The van der Waals surface area contributed by atoms with E-state index in [-0.39, 0.29) is 33.3 Å². The number of aliphatic hydroxyl groups excluding tert-OH is 4. The summed E-state index contributed by atoms with van der Waals surface area (Å²) in [5, 5.41) is 40.3. The van der Waals surface area contributed by atoms with E-state index >= 15 is 0 Å². The van der Waals surface area contributed by atoms with Gasteiger partial charge in [-0.1, -0.05) is 0 Å². The summed E-state index contributed by atoms with van der Waals surface area (Å²) >= 11 is 3.11. The van der Waals surface area contributed by atoms with Crippen LogP contribution in [0.5, 0.6) is 0 Å². The fourth-order valence-corrected chi connectivity index (χ4v) is 6.00. The molecule has 0 bridgehead atoms. The number of aromatic amines is 1. The van der Waals surface area contributed by atoms with Gasteiger partial charge in [-0.25, -0.2) is 29.1 Å². The predicted molar refractivity (Wildman–Crippen MR) is 158 cm³/mol. The number of rotatable bonds is 8. The van der Waals surface area contributed by atoms with Crippen LogP contribution in [0.1, 0.15) is 12.5 Å². The van der Waals surface area contributed by atoms with Crippen LogP contribution in [0.4, 0.5) is 11.8 Å². The second kappa shape index (κ2) is 13.7. The highest BCUT2D eigenvalue weighted by atomic mass is 79.9. The molecule has 264 valence electrons. The lowest BCUT2D eigenvalue weighted by molar-refractivity contribution is -0.0513. The summed E-state index contributed by atoms with van der Waals surface area (Å²) in [6.45, 7) is -1.26. The maximum absolute atomic E-state index is 11.9. The van der Waals surface area contributed by atoms with Crippen molar-refractivity contribution in [2.75, 3.05) is 24.7 Å². The van der Waals surface area contributed by atoms with Gasteiger partial charge in [0, 0.05) is 0 Å². The Morgan fingerprint density at radius 2 is 1.40 bits per heavy atom. The van der Waals surface area contributed by atoms with E-state index in [1.807, 2.05) is 0 Å². The van der Waals surface area contributed by atoms with Gasteiger partial charge in [-0.05, 0) is 15.9 Å². The topological polar surface area (TPSA) is 392 Å². The number of phosphoric acid groups is 2. The molecule has 4 aromatic heterocycles. The standard InChI is InChI=1S/C10H13BrN5O8P.C10H14N5O7P/c11-9-13-3-6(14-10(12)15-7(3)19)16(9)8-5(18)4(17)2(24-8)1-23-25(20,21)22;11-8-5-9(13-2-12-8)15(3-14-5)10-7(17)6(16)4(22-10)1-21-23(18,19)20/h2,4-5,8,17-18H,1H2,(H2,20,21,22)(H3,12,14,15,19);2-4,6-7,10,16-17H,1H2,(H2,11,12,13)(H2,18,19,20)/t2-,4-,5-,8-;4-,6-,7-,10-/m11/s1. The zero-order valence-electron chi connectivity index (χ0n) is 23.7. The number of nitrogens with zero attached hydrogens (tertiary/aromatic N) is 7. The maximum atomic E-state index is 11.9. The molecular weight excluding hydrogens is 762 g/mol. The van der Waals surface area contributed by atoms with Crippen LogP contribution in [0.25, 0.3) is 22.3 Å². The number of nitrogen functional groups attached to an aromatic ring is 2. The van der Waals surface area contributed by atoms with E-state index in [0.29, 0.717) is 5.52 Å². The zero-order chi connectivity index (χ0) is 35.3. The minimum absolute atomic E-state index is 0.0130. The van der Waals surface area contributed by atoms with Crippen LogP contribution < -0.4 is 17.0 Å². The molecule has 2 aliphatic rings. The fraction of sp³-hybridized carbons (Fsp3) is 0.500. The lowest BCUT2D eigenvalue weighted by Crippen LogP contribution is -2.33. The molecule has 0 amide bonds. The number of ether oxygens (including phenoxy) is 2. The number of aliphatic hydroxyl groups is 4. The zero-order valence-corrected chi connectivity index (χ0v) is 27.1. The first kappa shape index (κ1) is 36.2. The third kappa shape index (κ3) is 7.57. The van der Waals surface area contributed by atoms with Crippen molar-refractivity contribution < 1.29 is 67.7 Å². The van der Waals surface area contributed by atoms with Crippen molar-refractivity contribution in [3.8, 4) is 0 Å². The van der Waals surface area contributed by atoms with Gasteiger partial charge in [0.25, 0.3) is 5.56 Å². The molecule has 0 unspecified atom stereocenters. The van der Waals surface area contributed by atoms with Gasteiger partial charge in [-0.3, -0.25) is 28.0 Å². The number of fused-ring (bicyclic) bond motifs is 2. The van der Waals surface area contributed by atoms with Crippen molar-refractivity contribution in [2.24, 2.45) is 0 Å². The minimum atomic E-state index is -4.78. The maximum Gasteiger partial charge on any atom is 0.469 e. The third-order valence-corrected chi connectivity index (χ3v) is 8.46. The fourth-order valence-electron chi connectivity index (χ4n) is 4.77. The predicted octanol–water partition coefficient (Wildman–Crippen LogP) is -3.67. The first-order chi connectivity index (χ1) is 22.4. The van der Waals surface area contributed by atoms with Crippen molar-refractivity contribution in [1.82, 2.24) is 39.0 Å². The smallest absolute Gasteiger partial charge is 0.387 e. The van der Waals surface area contributed by atoms with Crippen molar-refractivity contribution in [1.29, 1.82) is 0 Å². The second-order valence-electron chi connectivity index (χ2n) is 10.1. The monoisotopic (exact) mass is 788 g/mol. The molecule has 48 heavy (non-hydrogen) atoms. The summed E-state index contributed by atoms with van der Waals surface area (Å²) in [4.78, 5) is 68.7. The van der Waals surface area contributed by atoms with Gasteiger partial charge in [0.15, 0.2) is 39.8 Å². The molecule has 2 fully saturated rings. The number of hydrogen-bond donors (Lipinski definition) is 11. The van der Waals surface area contributed by atoms with Crippen molar-refractivity contribution >= 4 is 65.7 Å². The lowest BCUT2D eigenvalue weighted by Gasteiger charge is -2.17. The average Bonchev–Trinajstić information content (AvgIpc) is 3.71. The molecular formula is C20H27BrN10O15P2. The molecule has 0 saturated carbocycles. The van der Waals surface area contributed by atoms with Crippen LogP contribution in [0.3, 0.4) is 0 Å². The van der Waals surface area contributed by atoms with E-state index < -0.39 is 83.5 Å². The Hall–Kier alpha value is -3.04. The summed E-state index contributed by atoms with van der Waals surface area (Å²) < 4.78 is 43.6. The third-order valence-electron chi connectivity index (χ3n) is 6.93. The van der Waals surface area contributed by atoms with E-state index in [4.69, 9.17) is 40.5 Å². The van der Waals surface area contributed by atoms with Crippen molar-refractivity contribution in [3.05, 3.63) is 27.7 Å². The van der Waals surface area contributed by atoms with E-state index in [1.165, 1.54) is 21.8 Å². The van der Waals surface area contributed by atoms with Crippen LogP contribution in [-0.2, 0) is 27.7 Å². The second-order valence-corrected chi connectivity index (χ2v) is 13.3. The van der Waals surface area contributed by atoms with Gasteiger partial charge in [0.1, 0.15) is 48.5 Å². The SMILES string of the molecule is Nc1nc2c(nc(Br)n2[C@@H]2O[C@H](COP(=O)(O)O)[C@@H](O)[C@H]2O)c(=O)[nH]1.Nc1ncnc2c1ncn2[C@@H]1O[C@H](COP(=O)(O)O)[C@@H](O)[C@H]1O. The number of nitrogens with one attached hydrogen (secondary N) is 1. The van der Waals surface area contributed by atoms with Gasteiger partial charge in [0.2, 0.25) is 5.95 Å². The number of H-pyrrole nitrogens is 1. The summed E-state index contributed by atoms with van der Waals surface area (Å²) in [6, 6.07) is 0. The molecule has 8 atom stereocenters. The number of hydrogen-bond acceptors (Lipinski definition) is 18. The van der Waals surface area contributed by atoms with E-state index in [1.54, 1.807) is 0 Å². The summed E-state index contributed by atoms with van der Waals surface area (Å²) in [5.41, 5.74) is 11.0. The van der Waals surface area contributed by atoms with Gasteiger partial charge in [0.05, 0.1) is 19.5 Å². The highest BCUT2D eigenvalue weighted by molar-refractivity contribution is 9.10. The number of anilines is 2. The molecule has 6 rings (SSSR count). The van der Waals surface area contributed by atoms with Gasteiger partial charge in [-0.2, -0.15) is 4.98 Å². The molecule has 25 nitrogen and oxygen atoms in total. The van der Waals surface area contributed by atoms with E-state index in [9.17, 15) is 34.4 Å². The van der Waals surface area contributed by atoms with Crippen molar-refractivity contribution in [2.45, 2.75) is 49.1 Å². The molecule has 28 heteroatoms. The Labute approximate surface area is 273 Å². The quantitative estimate of drug-likeness (QED) is 0.0605. The lowest BCUT2D eigenvalue weighted by atomic mass is 10.1. The molecule has 0 radical (unpaired) electrons. The Morgan fingerprint density at radius 1 is 0.833 bits per heavy atom. The first-order valence-electron chi connectivity index (χ1n) is 13.2. The Balaban J connectivity index is 0.000000188. The number of nitrogens with two attached hydrogens (primary N) is 2. The molecule has 13 N–H and O–H groups in total. The Morgan fingerprint density at radius 3 is 1.98 bits per heavy atom.